The van der Waals surface area contributed by atoms with Crippen LogP contribution in [0.2, 0.25) is 0 Å². The van der Waals surface area contributed by atoms with E-state index in [4.69, 9.17) is 15.9 Å². The molecule has 1 amide bonds. The molecule has 0 heterocycles. The number of rotatable bonds is 5. The van der Waals surface area contributed by atoms with Gasteiger partial charge in [-0.1, -0.05) is 6.92 Å². The third-order valence-electron chi connectivity index (χ3n) is 2.47. The number of hydrogen-bond acceptors (Lipinski definition) is 4. The van der Waals surface area contributed by atoms with E-state index in [1.165, 1.54) is 12.1 Å². The Kier molecular flexibility index (Phi) is 4.60. The number of nitrogens with one attached hydrogen (secondary N) is 1. The zero-order valence-corrected chi connectivity index (χ0v) is 10.2. The fourth-order valence-corrected chi connectivity index (χ4v) is 1.37. The lowest BCUT2D eigenvalue weighted by Gasteiger charge is -2.11. The van der Waals surface area contributed by atoms with Gasteiger partial charge in [-0.3, -0.25) is 4.79 Å². The largest absolute Gasteiger partial charge is 0.478 e. The van der Waals surface area contributed by atoms with E-state index in [0.717, 1.165) is 6.07 Å². The maximum Gasteiger partial charge on any atom is 0.335 e. The topological polar surface area (TPSA) is 130 Å². The lowest BCUT2D eigenvalue weighted by molar-refractivity contribution is -0.117. The van der Waals surface area contributed by atoms with Gasteiger partial charge in [-0.25, -0.2) is 9.59 Å². The molecule has 1 atom stereocenters. The number of carbonyl (C=O) groups excluding carboxylic acids is 1. The van der Waals surface area contributed by atoms with Crippen molar-refractivity contribution in [2.45, 2.75) is 19.4 Å². The SMILES string of the molecule is CC[C@@H](N)C(=O)Nc1cc(C(=O)O)cc(C(=O)O)c1. The molecule has 5 N–H and O–H groups in total. The van der Waals surface area contributed by atoms with Crippen LogP contribution < -0.4 is 11.1 Å². The van der Waals surface area contributed by atoms with E-state index in [-0.39, 0.29) is 16.8 Å². The van der Waals surface area contributed by atoms with Gasteiger partial charge in [-0.2, -0.15) is 0 Å². The highest BCUT2D eigenvalue weighted by Gasteiger charge is 2.15. The molecule has 7 nitrogen and oxygen atoms in total. The minimum atomic E-state index is -1.28. The lowest BCUT2D eigenvalue weighted by atomic mass is 10.1. The maximum atomic E-state index is 11.6. The Hall–Kier alpha value is -2.41. The molecule has 0 unspecified atom stereocenters. The first-order chi connectivity index (χ1) is 8.85. The summed E-state index contributed by atoms with van der Waals surface area (Å²) in [5.74, 6) is -3.06. The Morgan fingerprint density at radius 2 is 1.63 bits per heavy atom. The molecule has 0 aliphatic rings. The summed E-state index contributed by atoms with van der Waals surface area (Å²) in [6, 6.07) is 2.63. The first-order valence-electron chi connectivity index (χ1n) is 5.53. The number of hydrogen-bond donors (Lipinski definition) is 4. The van der Waals surface area contributed by atoms with Gasteiger partial charge in [0.1, 0.15) is 0 Å². The summed E-state index contributed by atoms with van der Waals surface area (Å²) in [4.78, 5) is 33.3. The number of amides is 1. The second-order valence-electron chi connectivity index (χ2n) is 3.91. The molecule has 0 bridgehead atoms. The third-order valence-corrected chi connectivity index (χ3v) is 2.47. The van der Waals surface area contributed by atoms with E-state index in [9.17, 15) is 14.4 Å². The summed E-state index contributed by atoms with van der Waals surface area (Å²) < 4.78 is 0. The van der Waals surface area contributed by atoms with Crippen molar-refractivity contribution >= 4 is 23.5 Å². The van der Waals surface area contributed by atoms with Crippen LogP contribution in [0.4, 0.5) is 5.69 Å². The summed E-state index contributed by atoms with van der Waals surface area (Å²) in [6.07, 6.45) is 0.413. The normalized spacial score (nSPS) is 11.7. The Bertz CT molecular complexity index is 495. The molecule has 1 aromatic rings. The number of anilines is 1. The van der Waals surface area contributed by atoms with Gasteiger partial charge in [0.15, 0.2) is 0 Å². The van der Waals surface area contributed by atoms with Crippen LogP contribution in [0.1, 0.15) is 34.1 Å². The van der Waals surface area contributed by atoms with Gasteiger partial charge in [-0.15, -0.1) is 0 Å². The number of carboxylic acid groups (broad SMARTS) is 2. The fraction of sp³-hybridized carbons (Fsp3) is 0.250. The molecule has 0 radical (unpaired) electrons. The Balaban J connectivity index is 3.10. The Labute approximate surface area is 109 Å². The van der Waals surface area contributed by atoms with Crippen LogP contribution in [0.5, 0.6) is 0 Å². The maximum absolute atomic E-state index is 11.6. The molecule has 0 aromatic heterocycles. The molecular formula is C12H14N2O5. The van der Waals surface area contributed by atoms with Crippen molar-refractivity contribution in [2.24, 2.45) is 5.73 Å². The smallest absolute Gasteiger partial charge is 0.335 e. The molecule has 7 heteroatoms. The zero-order chi connectivity index (χ0) is 14.6. The van der Waals surface area contributed by atoms with Crippen LogP contribution in [0, 0.1) is 0 Å². The summed E-state index contributed by atoms with van der Waals surface area (Å²) in [6.45, 7) is 1.72. The standard InChI is InChI=1S/C12H14N2O5/c1-2-9(13)10(15)14-8-4-6(11(16)17)3-7(5-8)12(18)19/h3-5,9H,2,13H2,1H3,(H,14,15)(H,16,17)(H,18,19)/t9-/m1/s1. The van der Waals surface area contributed by atoms with Crippen molar-refractivity contribution in [3.63, 3.8) is 0 Å². The highest BCUT2D eigenvalue weighted by Crippen LogP contribution is 2.16. The van der Waals surface area contributed by atoms with Crippen LogP contribution in [-0.4, -0.2) is 34.1 Å². The average molecular weight is 266 g/mol. The second kappa shape index (κ2) is 5.96. The van der Waals surface area contributed by atoms with Crippen molar-refractivity contribution in [1.29, 1.82) is 0 Å². The molecule has 0 saturated carbocycles. The zero-order valence-electron chi connectivity index (χ0n) is 10.2. The van der Waals surface area contributed by atoms with Crippen LogP contribution in [-0.2, 0) is 4.79 Å². The van der Waals surface area contributed by atoms with Crippen LogP contribution in [0.15, 0.2) is 18.2 Å². The van der Waals surface area contributed by atoms with Crippen LogP contribution in [0.3, 0.4) is 0 Å². The molecule has 0 fully saturated rings. The van der Waals surface area contributed by atoms with E-state index in [2.05, 4.69) is 5.32 Å². The number of carboxylic acids is 2. The van der Waals surface area contributed by atoms with Crippen molar-refractivity contribution in [3.05, 3.63) is 29.3 Å². The van der Waals surface area contributed by atoms with Gasteiger partial charge in [-0.05, 0) is 24.6 Å². The van der Waals surface area contributed by atoms with Gasteiger partial charge in [0.25, 0.3) is 0 Å². The predicted octanol–water partition coefficient (Wildman–Crippen LogP) is 0.759. The minimum absolute atomic E-state index is 0.0891. The molecule has 0 aliphatic carbocycles. The van der Waals surface area contributed by atoms with Gasteiger partial charge in [0, 0.05) is 5.69 Å². The number of benzene rings is 1. The van der Waals surface area contributed by atoms with Crippen molar-refractivity contribution < 1.29 is 24.6 Å². The lowest BCUT2D eigenvalue weighted by Crippen LogP contribution is -2.34. The third kappa shape index (κ3) is 3.78. The fourth-order valence-electron chi connectivity index (χ4n) is 1.37. The summed E-state index contributed by atoms with van der Waals surface area (Å²) in [7, 11) is 0. The van der Waals surface area contributed by atoms with Crippen molar-refractivity contribution in [2.75, 3.05) is 5.32 Å². The van der Waals surface area contributed by atoms with E-state index in [1.54, 1.807) is 6.92 Å². The summed E-state index contributed by atoms with van der Waals surface area (Å²) >= 11 is 0. The second-order valence-corrected chi connectivity index (χ2v) is 3.91. The molecule has 0 spiro atoms. The molecule has 0 aliphatic heterocycles. The summed E-state index contributed by atoms with van der Waals surface area (Å²) in [5, 5.41) is 20.1. The van der Waals surface area contributed by atoms with Crippen molar-refractivity contribution in [3.8, 4) is 0 Å². The number of carbonyl (C=O) groups is 3. The average Bonchev–Trinajstić information content (AvgIpc) is 2.37. The van der Waals surface area contributed by atoms with E-state index < -0.39 is 23.9 Å². The van der Waals surface area contributed by atoms with Crippen LogP contribution >= 0.6 is 0 Å². The van der Waals surface area contributed by atoms with E-state index in [1.807, 2.05) is 0 Å². The van der Waals surface area contributed by atoms with E-state index >= 15 is 0 Å². The van der Waals surface area contributed by atoms with Gasteiger partial charge in [0.05, 0.1) is 17.2 Å². The quantitative estimate of drug-likeness (QED) is 0.622. The predicted molar refractivity (Wildman–Crippen MR) is 67.3 cm³/mol. The number of nitrogens with two attached hydrogens (primary N) is 1. The van der Waals surface area contributed by atoms with Crippen LogP contribution in [0.25, 0.3) is 0 Å². The summed E-state index contributed by atoms with van der Waals surface area (Å²) in [5.41, 5.74) is 5.16. The molecule has 19 heavy (non-hydrogen) atoms. The highest BCUT2D eigenvalue weighted by atomic mass is 16.4. The first kappa shape index (κ1) is 14.7. The number of aromatic carboxylic acids is 2. The van der Waals surface area contributed by atoms with E-state index in [0.29, 0.717) is 6.42 Å². The first-order valence-corrected chi connectivity index (χ1v) is 5.53. The molecular weight excluding hydrogens is 252 g/mol. The Morgan fingerprint density at radius 3 is 2.00 bits per heavy atom. The van der Waals surface area contributed by atoms with Gasteiger partial charge in [0.2, 0.25) is 5.91 Å². The highest BCUT2D eigenvalue weighted by molar-refractivity contribution is 5.99. The Morgan fingerprint density at radius 1 is 1.16 bits per heavy atom. The molecule has 1 rings (SSSR count). The monoisotopic (exact) mass is 266 g/mol. The van der Waals surface area contributed by atoms with Gasteiger partial charge >= 0.3 is 11.9 Å². The molecule has 1 aromatic carbocycles. The molecule has 0 saturated heterocycles. The van der Waals surface area contributed by atoms with Crippen molar-refractivity contribution in [1.82, 2.24) is 0 Å². The molecule has 102 valence electrons. The minimum Gasteiger partial charge on any atom is -0.478 e. The van der Waals surface area contributed by atoms with Gasteiger partial charge < -0.3 is 21.3 Å².